The Balaban J connectivity index is 2.89. The minimum Gasteiger partial charge on any atom is -0.198 e. The van der Waals surface area contributed by atoms with E-state index in [9.17, 15) is 0 Å². The molecule has 3 heteroatoms. The van der Waals surface area contributed by atoms with E-state index < -0.39 is 0 Å². The highest BCUT2D eigenvalue weighted by Crippen LogP contribution is 2.31. The summed E-state index contributed by atoms with van der Waals surface area (Å²) in [6, 6.07) is 4.35. The SMILES string of the molecule is CC(C)C(C#N)c1cc(Br)cs1. The molecule has 64 valence electrons. The highest BCUT2D eigenvalue weighted by atomic mass is 79.9. The second-order valence-corrected chi connectivity index (χ2v) is 4.88. The zero-order valence-corrected chi connectivity index (χ0v) is 9.45. The molecule has 1 rings (SSSR count). The van der Waals surface area contributed by atoms with Crippen molar-refractivity contribution < 1.29 is 0 Å². The fourth-order valence-corrected chi connectivity index (χ4v) is 2.69. The van der Waals surface area contributed by atoms with Gasteiger partial charge in [-0.1, -0.05) is 13.8 Å². The highest BCUT2D eigenvalue weighted by molar-refractivity contribution is 9.10. The van der Waals surface area contributed by atoms with Crippen molar-refractivity contribution in [3.8, 4) is 6.07 Å². The number of rotatable bonds is 2. The van der Waals surface area contributed by atoms with Crippen molar-refractivity contribution in [3.05, 3.63) is 20.8 Å². The van der Waals surface area contributed by atoms with Crippen LogP contribution < -0.4 is 0 Å². The van der Waals surface area contributed by atoms with Crippen molar-refractivity contribution in [1.82, 2.24) is 0 Å². The zero-order chi connectivity index (χ0) is 9.14. The summed E-state index contributed by atoms with van der Waals surface area (Å²) in [6.45, 7) is 4.14. The summed E-state index contributed by atoms with van der Waals surface area (Å²) >= 11 is 5.02. The van der Waals surface area contributed by atoms with Crippen molar-refractivity contribution in [1.29, 1.82) is 5.26 Å². The molecule has 1 nitrogen and oxygen atoms in total. The van der Waals surface area contributed by atoms with Crippen LogP contribution in [0, 0.1) is 17.2 Å². The van der Waals surface area contributed by atoms with E-state index in [2.05, 4.69) is 35.8 Å². The summed E-state index contributed by atoms with van der Waals surface area (Å²) in [6.07, 6.45) is 0. The Morgan fingerprint density at radius 3 is 2.58 bits per heavy atom. The maximum absolute atomic E-state index is 8.90. The summed E-state index contributed by atoms with van der Waals surface area (Å²) in [5.74, 6) is 0.432. The molecule has 0 saturated carbocycles. The largest absolute Gasteiger partial charge is 0.198 e. The standard InChI is InChI=1S/C9H10BrNS/c1-6(2)8(4-11)9-3-7(10)5-12-9/h3,5-6,8H,1-2H3. The minimum atomic E-state index is 0.0429. The lowest BCUT2D eigenvalue weighted by Crippen LogP contribution is -2.01. The first kappa shape index (κ1) is 9.76. The first-order valence-corrected chi connectivity index (χ1v) is 5.46. The molecule has 0 N–H and O–H groups in total. The Morgan fingerprint density at radius 2 is 2.25 bits per heavy atom. The average molecular weight is 244 g/mol. The van der Waals surface area contributed by atoms with Crippen LogP contribution in [0.5, 0.6) is 0 Å². The molecule has 0 spiro atoms. The fraction of sp³-hybridized carbons (Fsp3) is 0.444. The Kier molecular flexibility index (Phi) is 3.30. The van der Waals surface area contributed by atoms with Crippen molar-refractivity contribution in [2.24, 2.45) is 5.92 Å². The van der Waals surface area contributed by atoms with E-state index in [0.29, 0.717) is 5.92 Å². The molecule has 0 aliphatic rings. The molecule has 0 saturated heterocycles. The van der Waals surface area contributed by atoms with Gasteiger partial charge in [-0.05, 0) is 27.9 Å². The van der Waals surface area contributed by atoms with Crippen LogP contribution in [0.4, 0.5) is 0 Å². The van der Waals surface area contributed by atoms with Crippen LogP contribution in [0.3, 0.4) is 0 Å². The molecular formula is C9H10BrNS. The van der Waals surface area contributed by atoms with E-state index in [-0.39, 0.29) is 5.92 Å². The van der Waals surface area contributed by atoms with E-state index in [4.69, 9.17) is 5.26 Å². The third-order valence-electron chi connectivity index (χ3n) is 1.70. The van der Waals surface area contributed by atoms with Crippen LogP contribution in [0.1, 0.15) is 24.6 Å². The number of thiophene rings is 1. The Morgan fingerprint density at radius 1 is 1.58 bits per heavy atom. The third-order valence-corrected chi connectivity index (χ3v) is 3.48. The van der Waals surface area contributed by atoms with Gasteiger partial charge in [-0.2, -0.15) is 5.26 Å². The highest BCUT2D eigenvalue weighted by Gasteiger charge is 2.16. The number of hydrogen-bond acceptors (Lipinski definition) is 2. The molecule has 0 aliphatic carbocycles. The van der Waals surface area contributed by atoms with Gasteiger partial charge >= 0.3 is 0 Å². The Bertz CT molecular complexity index is 298. The van der Waals surface area contributed by atoms with Gasteiger partial charge in [-0.15, -0.1) is 11.3 Å². The second-order valence-electron chi connectivity index (χ2n) is 3.02. The average Bonchev–Trinajstić information content (AvgIpc) is 2.37. The lowest BCUT2D eigenvalue weighted by atomic mass is 9.96. The molecule has 0 radical (unpaired) electrons. The number of nitriles is 1. The van der Waals surface area contributed by atoms with E-state index >= 15 is 0 Å². The minimum absolute atomic E-state index is 0.0429. The molecule has 0 bridgehead atoms. The maximum Gasteiger partial charge on any atom is 0.0829 e. The molecule has 0 aromatic carbocycles. The van der Waals surface area contributed by atoms with Gasteiger partial charge in [0.2, 0.25) is 0 Å². The van der Waals surface area contributed by atoms with Gasteiger partial charge < -0.3 is 0 Å². The van der Waals surface area contributed by atoms with Crippen LogP contribution in [0.15, 0.2) is 15.9 Å². The molecule has 1 unspecified atom stereocenters. The molecule has 1 atom stereocenters. The molecule has 1 aromatic heterocycles. The van der Waals surface area contributed by atoms with Gasteiger partial charge in [0.15, 0.2) is 0 Å². The molecule has 0 amide bonds. The second kappa shape index (κ2) is 4.06. The summed E-state index contributed by atoms with van der Waals surface area (Å²) in [4.78, 5) is 1.15. The van der Waals surface area contributed by atoms with Gasteiger partial charge in [0.1, 0.15) is 0 Å². The van der Waals surface area contributed by atoms with Crippen LogP contribution in [0.25, 0.3) is 0 Å². The zero-order valence-electron chi connectivity index (χ0n) is 7.04. The number of nitrogens with zero attached hydrogens (tertiary/aromatic N) is 1. The lowest BCUT2D eigenvalue weighted by molar-refractivity contribution is 0.594. The summed E-state index contributed by atoms with van der Waals surface area (Å²) in [5, 5.41) is 10.9. The van der Waals surface area contributed by atoms with Crippen molar-refractivity contribution in [2.45, 2.75) is 19.8 Å². The molecule has 1 aromatic rings. The fourth-order valence-electron chi connectivity index (χ4n) is 1.03. The molecule has 1 heterocycles. The van der Waals surface area contributed by atoms with Gasteiger partial charge in [0.05, 0.1) is 12.0 Å². The van der Waals surface area contributed by atoms with E-state index in [0.717, 1.165) is 9.35 Å². The number of halogens is 1. The monoisotopic (exact) mass is 243 g/mol. The quantitative estimate of drug-likeness (QED) is 0.776. The van der Waals surface area contributed by atoms with Crippen molar-refractivity contribution >= 4 is 27.3 Å². The van der Waals surface area contributed by atoms with Gasteiger partial charge in [-0.25, -0.2) is 0 Å². The topological polar surface area (TPSA) is 23.8 Å². The van der Waals surface area contributed by atoms with Gasteiger partial charge in [0, 0.05) is 14.7 Å². The normalized spacial score (nSPS) is 12.9. The van der Waals surface area contributed by atoms with Gasteiger partial charge in [-0.3, -0.25) is 0 Å². The van der Waals surface area contributed by atoms with E-state index in [1.807, 2.05) is 11.4 Å². The summed E-state index contributed by atoms with van der Waals surface area (Å²) in [7, 11) is 0. The van der Waals surface area contributed by atoms with Crippen LogP contribution in [-0.2, 0) is 0 Å². The van der Waals surface area contributed by atoms with Gasteiger partial charge in [0.25, 0.3) is 0 Å². The van der Waals surface area contributed by atoms with Crippen LogP contribution in [0.2, 0.25) is 0 Å². The predicted octanol–water partition coefficient (Wildman–Crippen LogP) is 3.77. The molecule has 0 aliphatic heterocycles. The number of hydrogen-bond donors (Lipinski definition) is 0. The first-order valence-electron chi connectivity index (χ1n) is 3.78. The predicted molar refractivity (Wildman–Crippen MR) is 55.2 cm³/mol. The van der Waals surface area contributed by atoms with E-state index in [1.165, 1.54) is 0 Å². The summed E-state index contributed by atoms with van der Waals surface area (Å²) in [5.41, 5.74) is 0. The smallest absolute Gasteiger partial charge is 0.0829 e. The molecule has 0 fully saturated rings. The molecular weight excluding hydrogens is 234 g/mol. The van der Waals surface area contributed by atoms with E-state index in [1.54, 1.807) is 11.3 Å². The Labute approximate surface area is 85.2 Å². The van der Waals surface area contributed by atoms with Crippen LogP contribution in [-0.4, -0.2) is 0 Å². The maximum atomic E-state index is 8.90. The lowest BCUT2D eigenvalue weighted by Gasteiger charge is -2.09. The first-order chi connectivity index (χ1) is 5.65. The molecule has 12 heavy (non-hydrogen) atoms. The Hall–Kier alpha value is -0.330. The summed E-state index contributed by atoms with van der Waals surface area (Å²) < 4.78 is 1.07. The third kappa shape index (κ3) is 2.09. The van der Waals surface area contributed by atoms with Crippen LogP contribution >= 0.6 is 27.3 Å². The van der Waals surface area contributed by atoms with Crippen molar-refractivity contribution in [3.63, 3.8) is 0 Å². The van der Waals surface area contributed by atoms with Crippen molar-refractivity contribution in [2.75, 3.05) is 0 Å².